The van der Waals surface area contributed by atoms with E-state index < -0.39 is 0 Å². The zero-order chi connectivity index (χ0) is 10.8. The third kappa shape index (κ3) is 2.31. The molecule has 1 heterocycles. The van der Waals surface area contributed by atoms with Gasteiger partial charge in [-0.2, -0.15) is 0 Å². The molecular weight excluding hydrogens is 229 g/mol. The monoisotopic (exact) mass is 237 g/mol. The third-order valence-electron chi connectivity index (χ3n) is 2.09. The lowest BCUT2D eigenvalue weighted by Gasteiger charge is -2.04. The van der Waals surface area contributed by atoms with Gasteiger partial charge >= 0.3 is 0 Å². The van der Waals surface area contributed by atoms with E-state index >= 15 is 0 Å². The molecule has 0 N–H and O–H groups in total. The zero-order valence-electron chi connectivity index (χ0n) is 8.17. The molecule has 0 aliphatic heterocycles. The number of rotatable bonds is 1. The number of benzene rings is 1. The Hall–Kier alpha value is -1.05. The first-order chi connectivity index (χ1) is 7.16. The van der Waals surface area contributed by atoms with Crippen LogP contribution in [0.4, 0.5) is 0 Å². The minimum atomic E-state index is 0.664. The summed E-state index contributed by atoms with van der Waals surface area (Å²) in [6, 6.07) is 11.2. The molecule has 0 aliphatic carbocycles. The van der Waals surface area contributed by atoms with Crippen molar-refractivity contribution in [1.29, 1.82) is 0 Å². The quantitative estimate of drug-likeness (QED) is 0.719. The molecule has 1 aromatic carbocycles. The number of aromatic nitrogens is 1. The lowest BCUT2D eigenvalue weighted by Crippen LogP contribution is -1.86. The molecule has 76 valence electrons. The van der Waals surface area contributed by atoms with Crippen molar-refractivity contribution in [1.82, 2.24) is 4.98 Å². The van der Waals surface area contributed by atoms with Gasteiger partial charge in [0.2, 0.25) is 0 Å². The Morgan fingerprint density at radius 3 is 2.60 bits per heavy atom. The van der Waals surface area contributed by atoms with Crippen molar-refractivity contribution in [3.05, 3.63) is 52.1 Å². The average Bonchev–Trinajstić information content (AvgIpc) is 2.22. The molecule has 0 saturated heterocycles. The van der Waals surface area contributed by atoms with Gasteiger partial charge in [0.1, 0.15) is 0 Å². The molecule has 2 rings (SSSR count). The van der Waals surface area contributed by atoms with Crippen LogP contribution >= 0.6 is 23.2 Å². The van der Waals surface area contributed by atoms with E-state index in [1.54, 1.807) is 12.1 Å². The van der Waals surface area contributed by atoms with Gasteiger partial charge in [0, 0.05) is 16.3 Å². The van der Waals surface area contributed by atoms with E-state index in [1.165, 1.54) is 0 Å². The summed E-state index contributed by atoms with van der Waals surface area (Å²) in [6.45, 7) is 1.95. The maximum atomic E-state index is 6.08. The van der Waals surface area contributed by atoms with E-state index in [-0.39, 0.29) is 0 Å². The number of nitrogens with zero attached hydrogens (tertiary/aromatic N) is 1. The SMILES string of the molecule is Cc1cccc(-c2cc(Cl)ccc2Cl)n1. The number of pyridine rings is 1. The van der Waals surface area contributed by atoms with Crippen molar-refractivity contribution in [2.75, 3.05) is 0 Å². The summed E-state index contributed by atoms with van der Waals surface area (Å²) in [6.07, 6.45) is 0. The Balaban J connectivity index is 2.58. The van der Waals surface area contributed by atoms with Gasteiger partial charge in [0.25, 0.3) is 0 Å². The van der Waals surface area contributed by atoms with E-state index in [2.05, 4.69) is 4.98 Å². The highest BCUT2D eigenvalue weighted by molar-refractivity contribution is 6.35. The van der Waals surface area contributed by atoms with E-state index in [1.807, 2.05) is 31.2 Å². The summed E-state index contributed by atoms with van der Waals surface area (Å²) in [7, 11) is 0. The lowest BCUT2D eigenvalue weighted by molar-refractivity contribution is 1.21. The summed E-state index contributed by atoms with van der Waals surface area (Å²) in [4.78, 5) is 4.40. The fourth-order valence-electron chi connectivity index (χ4n) is 1.39. The van der Waals surface area contributed by atoms with E-state index in [0.717, 1.165) is 17.0 Å². The summed E-state index contributed by atoms with van der Waals surface area (Å²) < 4.78 is 0. The highest BCUT2D eigenvalue weighted by Crippen LogP contribution is 2.29. The summed E-state index contributed by atoms with van der Waals surface area (Å²) in [5, 5.41) is 1.33. The van der Waals surface area contributed by atoms with Crippen molar-refractivity contribution in [3.63, 3.8) is 0 Å². The molecule has 1 aromatic heterocycles. The smallest absolute Gasteiger partial charge is 0.0720 e. The molecule has 0 saturated carbocycles. The van der Waals surface area contributed by atoms with Gasteiger partial charge in [0.05, 0.1) is 10.7 Å². The van der Waals surface area contributed by atoms with Crippen LogP contribution in [0.1, 0.15) is 5.69 Å². The van der Waals surface area contributed by atoms with Gasteiger partial charge in [-0.1, -0.05) is 29.3 Å². The van der Waals surface area contributed by atoms with Crippen LogP contribution in [0, 0.1) is 6.92 Å². The second kappa shape index (κ2) is 4.21. The zero-order valence-corrected chi connectivity index (χ0v) is 9.68. The molecule has 0 amide bonds. The first-order valence-corrected chi connectivity index (χ1v) is 5.31. The number of hydrogen-bond donors (Lipinski definition) is 0. The molecular formula is C12H9Cl2N. The van der Waals surface area contributed by atoms with Crippen molar-refractivity contribution >= 4 is 23.2 Å². The van der Waals surface area contributed by atoms with Crippen LogP contribution in [-0.2, 0) is 0 Å². The third-order valence-corrected chi connectivity index (χ3v) is 2.66. The second-order valence-electron chi connectivity index (χ2n) is 3.29. The number of halogens is 2. The predicted molar refractivity (Wildman–Crippen MR) is 64.4 cm³/mol. The molecule has 0 unspecified atom stereocenters. The van der Waals surface area contributed by atoms with Gasteiger partial charge in [-0.25, -0.2) is 0 Å². The van der Waals surface area contributed by atoms with E-state index in [4.69, 9.17) is 23.2 Å². The molecule has 0 atom stereocenters. The standard InChI is InChI=1S/C12H9Cl2N/c1-8-3-2-4-12(15-8)10-7-9(13)5-6-11(10)14/h2-7H,1H3. The molecule has 15 heavy (non-hydrogen) atoms. The molecule has 2 aromatic rings. The second-order valence-corrected chi connectivity index (χ2v) is 4.13. The van der Waals surface area contributed by atoms with Crippen LogP contribution in [0.3, 0.4) is 0 Å². The highest BCUT2D eigenvalue weighted by Gasteiger charge is 2.05. The maximum Gasteiger partial charge on any atom is 0.0720 e. The lowest BCUT2D eigenvalue weighted by atomic mass is 10.1. The largest absolute Gasteiger partial charge is 0.253 e. The Kier molecular flexibility index (Phi) is 2.94. The van der Waals surface area contributed by atoms with Gasteiger partial charge < -0.3 is 0 Å². The highest BCUT2D eigenvalue weighted by atomic mass is 35.5. The van der Waals surface area contributed by atoms with Gasteiger partial charge in [-0.15, -0.1) is 0 Å². The molecule has 1 nitrogen and oxygen atoms in total. The van der Waals surface area contributed by atoms with Gasteiger partial charge in [-0.3, -0.25) is 4.98 Å². The van der Waals surface area contributed by atoms with E-state index in [9.17, 15) is 0 Å². The summed E-state index contributed by atoms with van der Waals surface area (Å²) >= 11 is 12.0. The number of aryl methyl sites for hydroxylation is 1. The fraction of sp³-hybridized carbons (Fsp3) is 0.0833. The van der Waals surface area contributed by atoms with Crippen LogP contribution in [0.5, 0.6) is 0 Å². The van der Waals surface area contributed by atoms with Crippen molar-refractivity contribution < 1.29 is 0 Å². The minimum absolute atomic E-state index is 0.664. The van der Waals surface area contributed by atoms with Gasteiger partial charge in [0.15, 0.2) is 0 Å². The Morgan fingerprint density at radius 2 is 1.87 bits per heavy atom. The first kappa shape index (κ1) is 10.5. The first-order valence-electron chi connectivity index (χ1n) is 4.56. The van der Waals surface area contributed by atoms with Gasteiger partial charge in [-0.05, 0) is 37.3 Å². The molecule has 3 heteroatoms. The van der Waals surface area contributed by atoms with Crippen molar-refractivity contribution in [2.45, 2.75) is 6.92 Å². The Labute approximate surface area is 98.7 Å². The average molecular weight is 238 g/mol. The number of hydrogen-bond acceptors (Lipinski definition) is 1. The van der Waals surface area contributed by atoms with E-state index in [0.29, 0.717) is 10.0 Å². The molecule has 0 fully saturated rings. The molecule has 0 radical (unpaired) electrons. The fourth-order valence-corrected chi connectivity index (χ4v) is 1.77. The Bertz CT molecular complexity index is 495. The summed E-state index contributed by atoms with van der Waals surface area (Å²) in [5.41, 5.74) is 2.68. The molecule has 0 aliphatic rings. The minimum Gasteiger partial charge on any atom is -0.253 e. The van der Waals surface area contributed by atoms with Crippen LogP contribution in [0.25, 0.3) is 11.3 Å². The maximum absolute atomic E-state index is 6.08. The molecule has 0 bridgehead atoms. The Morgan fingerprint density at radius 1 is 1.07 bits per heavy atom. The van der Waals surface area contributed by atoms with Crippen LogP contribution < -0.4 is 0 Å². The predicted octanol–water partition coefficient (Wildman–Crippen LogP) is 4.36. The topological polar surface area (TPSA) is 12.9 Å². The summed E-state index contributed by atoms with van der Waals surface area (Å²) in [5.74, 6) is 0. The normalized spacial score (nSPS) is 10.3. The molecule has 0 spiro atoms. The van der Waals surface area contributed by atoms with Crippen LogP contribution in [0.15, 0.2) is 36.4 Å². The van der Waals surface area contributed by atoms with Crippen molar-refractivity contribution in [3.8, 4) is 11.3 Å². The van der Waals surface area contributed by atoms with Crippen molar-refractivity contribution in [2.24, 2.45) is 0 Å². The van der Waals surface area contributed by atoms with Crippen LogP contribution in [-0.4, -0.2) is 4.98 Å². The van der Waals surface area contributed by atoms with Crippen LogP contribution in [0.2, 0.25) is 10.0 Å².